The Morgan fingerprint density at radius 1 is 1.05 bits per heavy atom. The molecule has 0 aliphatic rings. The number of likely N-dealkylation sites (N-methyl/N-ethyl adjacent to an activating group) is 1. The fraction of sp³-hybridized carbons (Fsp3) is 0.200. The Labute approximate surface area is 126 Å². The van der Waals surface area contributed by atoms with Crippen LogP contribution in [0.25, 0.3) is 0 Å². The molecular weight excluding hydrogens is 303 g/mol. The van der Waals surface area contributed by atoms with Crippen LogP contribution in [0.2, 0.25) is 10.0 Å². The highest BCUT2D eigenvalue weighted by molar-refractivity contribution is 6.31. The van der Waals surface area contributed by atoms with Crippen LogP contribution in [0.15, 0.2) is 36.4 Å². The molecule has 2 rings (SSSR count). The molecule has 2 aromatic rings. The summed E-state index contributed by atoms with van der Waals surface area (Å²) >= 11 is 11.5. The van der Waals surface area contributed by atoms with Crippen molar-refractivity contribution in [2.45, 2.75) is 12.5 Å². The third-order valence-corrected chi connectivity index (χ3v) is 3.65. The van der Waals surface area contributed by atoms with Gasteiger partial charge < -0.3 is 5.32 Å². The topological polar surface area (TPSA) is 12.0 Å². The lowest BCUT2D eigenvalue weighted by molar-refractivity contribution is 0.532. The van der Waals surface area contributed by atoms with E-state index in [0.717, 1.165) is 5.56 Å². The van der Waals surface area contributed by atoms with Gasteiger partial charge in [0.15, 0.2) is 0 Å². The van der Waals surface area contributed by atoms with Gasteiger partial charge in [-0.3, -0.25) is 0 Å². The molecule has 2 aromatic carbocycles. The zero-order chi connectivity index (χ0) is 14.7. The summed E-state index contributed by atoms with van der Waals surface area (Å²) in [5, 5.41) is 3.55. The Bertz CT molecular complexity index is 617. The highest BCUT2D eigenvalue weighted by atomic mass is 35.5. The molecule has 1 unspecified atom stereocenters. The molecule has 0 aliphatic carbocycles. The lowest BCUT2D eigenvalue weighted by Gasteiger charge is -2.18. The fourth-order valence-corrected chi connectivity index (χ4v) is 2.35. The lowest BCUT2D eigenvalue weighted by atomic mass is 9.98. The molecule has 0 aliphatic heterocycles. The summed E-state index contributed by atoms with van der Waals surface area (Å²) in [6.45, 7) is 0. The average molecular weight is 316 g/mol. The van der Waals surface area contributed by atoms with E-state index in [4.69, 9.17) is 23.2 Å². The summed E-state index contributed by atoms with van der Waals surface area (Å²) in [6.07, 6.45) is 0.432. The number of hydrogen-bond donors (Lipinski definition) is 1. The number of benzene rings is 2. The molecule has 106 valence electrons. The molecular formula is C15H13Cl2F2N. The van der Waals surface area contributed by atoms with E-state index >= 15 is 0 Å². The molecule has 0 radical (unpaired) electrons. The second-order valence-corrected chi connectivity index (χ2v) is 5.30. The standard InChI is InChI=1S/C15H13Cl2F2N/c1-20-15(11-8-10(16)3-5-13(11)18)7-9-2-4-12(17)14(19)6-9/h2-6,8,15,20H,7H2,1H3. The second kappa shape index (κ2) is 6.53. The second-order valence-electron chi connectivity index (χ2n) is 4.46. The van der Waals surface area contributed by atoms with Gasteiger partial charge in [-0.2, -0.15) is 0 Å². The molecule has 0 saturated carbocycles. The highest BCUT2D eigenvalue weighted by Crippen LogP contribution is 2.25. The van der Waals surface area contributed by atoms with Crippen LogP contribution in [0.3, 0.4) is 0 Å². The minimum atomic E-state index is -0.481. The summed E-state index contributed by atoms with van der Waals surface area (Å²) in [5.74, 6) is -0.825. The summed E-state index contributed by atoms with van der Waals surface area (Å²) in [7, 11) is 1.72. The summed E-state index contributed by atoms with van der Waals surface area (Å²) in [6, 6.07) is 8.67. The minimum absolute atomic E-state index is 0.0729. The molecule has 1 nitrogen and oxygen atoms in total. The van der Waals surface area contributed by atoms with Crippen LogP contribution in [0.1, 0.15) is 17.2 Å². The van der Waals surface area contributed by atoms with Crippen molar-refractivity contribution >= 4 is 23.2 Å². The Hall–Kier alpha value is -1.16. The number of hydrogen-bond acceptors (Lipinski definition) is 1. The van der Waals surface area contributed by atoms with Crippen LogP contribution in [0.5, 0.6) is 0 Å². The molecule has 0 bridgehead atoms. The van der Waals surface area contributed by atoms with Crippen molar-refractivity contribution < 1.29 is 8.78 Å². The van der Waals surface area contributed by atoms with E-state index in [1.54, 1.807) is 19.2 Å². The zero-order valence-corrected chi connectivity index (χ0v) is 12.3. The van der Waals surface area contributed by atoms with Crippen LogP contribution >= 0.6 is 23.2 Å². The summed E-state index contributed by atoms with van der Waals surface area (Å²) in [5.41, 5.74) is 1.18. The Morgan fingerprint density at radius 3 is 2.45 bits per heavy atom. The van der Waals surface area contributed by atoms with Gasteiger partial charge >= 0.3 is 0 Å². The van der Waals surface area contributed by atoms with Crippen LogP contribution in [0, 0.1) is 11.6 Å². The van der Waals surface area contributed by atoms with E-state index in [0.29, 0.717) is 17.0 Å². The number of nitrogens with one attached hydrogen (secondary N) is 1. The average Bonchev–Trinajstić information content (AvgIpc) is 2.43. The van der Waals surface area contributed by atoms with Gasteiger partial charge in [-0.25, -0.2) is 8.78 Å². The monoisotopic (exact) mass is 315 g/mol. The van der Waals surface area contributed by atoms with Gasteiger partial charge in [0.2, 0.25) is 0 Å². The Balaban J connectivity index is 2.28. The summed E-state index contributed by atoms with van der Waals surface area (Å²) < 4.78 is 27.3. The van der Waals surface area contributed by atoms with Crippen molar-refractivity contribution in [2.24, 2.45) is 0 Å². The third kappa shape index (κ3) is 3.48. The molecule has 1 N–H and O–H groups in total. The molecule has 1 atom stereocenters. The van der Waals surface area contributed by atoms with Crippen LogP contribution in [-0.4, -0.2) is 7.05 Å². The van der Waals surface area contributed by atoms with Gasteiger partial charge in [0.1, 0.15) is 11.6 Å². The van der Waals surface area contributed by atoms with Crippen molar-refractivity contribution in [3.63, 3.8) is 0 Å². The van der Waals surface area contributed by atoms with Crippen molar-refractivity contribution in [1.82, 2.24) is 5.32 Å². The predicted octanol–water partition coefficient (Wildman–Crippen LogP) is 4.77. The first-order chi connectivity index (χ1) is 9.51. The zero-order valence-electron chi connectivity index (χ0n) is 10.8. The first-order valence-corrected chi connectivity index (χ1v) is 6.83. The van der Waals surface area contributed by atoms with E-state index in [1.807, 2.05) is 0 Å². The SMILES string of the molecule is CNC(Cc1ccc(Cl)c(F)c1)c1cc(Cl)ccc1F. The largest absolute Gasteiger partial charge is 0.313 e. The molecule has 0 aromatic heterocycles. The smallest absolute Gasteiger partial charge is 0.142 e. The lowest BCUT2D eigenvalue weighted by Crippen LogP contribution is -2.20. The Kier molecular flexibility index (Phi) is 4.97. The van der Waals surface area contributed by atoms with Crippen molar-refractivity contribution in [1.29, 1.82) is 0 Å². The van der Waals surface area contributed by atoms with Crippen molar-refractivity contribution in [3.8, 4) is 0 Å². The maximum Gasteiger partial charge on any atom is 0.142 e. The van der Waals surface area contributed by atoms with E-state index in [1.165, 1.54) is 24.3 Å². The first kappa shape index (κ1) is 15.2. The van der Waals surface area contributed by atoms with Gasteiger partial charge in [-0.1, -0.05) is 29.3 Å². The Morgan fingerprint density at radius 2 is 1.80 bits per heavy atom. The molecule has 0 saturated heterocycles. The van der Waals surface area contributed by atoms with E-state index in [2.05, 4.69) is 5.32 Å². The van der Waals surface area contributed by atoms with Crippen molar-refractivity contribution in [3.05, 3.63) is 69.2 Å². The fourth-order valence-electron chi connectivity index (χ4n) is 2.05. The van der Waals surface area contributed by atoms with Gasteiger partial charge in [0.05, 0.1) is 5.02 Å². The molecule has 20 heavy (non-hydrogen) atoms. The molecule has 0 fully saturated rings. The van der Waals surface area contributed by atoms with E-state index in [-0.39, 0.29) is 16.9 Å². The quantitative estimate of drug-likeness (QED) is 0.856. The van der Waals surface area contributed by atoms with Crippen LogP contribution in [-0.2, 0) is 6.42 Å². The van der Waals surface area contributed by atoms with E-state index in [9.17, 15) is 8.78 Å². The maximum atomic E-state index is 13.9. The minimum Gasteiger partial charge on any atom is -0.313 e. The van der Waals surface area contributed by atoms with Crippen LogP contribution < -0.4 is 5.32 Å². The molecule has 5 heteroatoms. The number of rotatable bonds is 4. The van der Waals surface area contributed by atoms with Crippen molar-refractivity contribution in [2.75, 3.05) is 7.05 Å². The highest BCUT2D eigenvalue weighted by Gasteiger charge is 2.16. The molecule has 0 amide bonds. The third-order valence-electron chi connectivity index (χ3n) is 3.11. The molecule has 0 spiro atoms. The maximum absolute atomic E-state index is 13.9. The summed E-state index contributed by atoms with van der Waals surface area (Å²) in [4.78, 5) is 0. The van der Waals surface area contributed by atoms with Gasteiger partial charge in [0, 0.05) is 16.6 Å². The predicted molar refractivity (Wildman–Crippen MR) is 78.3 cm³/mol. The number of halogens is 4. The van der Waals surface area contributed by atoms with Crippen LogP contribution in [0.4, 0.5) is 8.78 Å². The van der Waals surface area contributed by atoms with Gasteiger partial charge in [0.25, 0.3) is 0 Å². The van der Waals surface area contributed by atoms with E-state index < -0.39 is 5.82 Å². The van der Waals surface area contributed by atoms with Gasteiger partial charge in [-0.15, -0.1) is 0 Å². The first-order valence-electron chi connectivity index (χ1n) is 6.07. The molecule has 0 heterocycles. The van der Waals surface area contributed by atoms with Gasteiger partial charge in [-0.05, 0) is 49.4 Å². The normalized spacial score (nSPS) is 12.4.